The van der Waals surface area contributed by atoms with Crippen molar-refractivity contribution in [2.45, 2.75) is 0 Å². The van der Waals surface area contributed by atoms with Gasteiger partial charge in [-0.05, 0) is 12.1 Å². The molecule has 0 fully saturated rings. The van der Waals surface area contributed by atoms with Gasteiger partial charge >= 0.3 is 0 Å². The van der Waals surface area contributed by atoms with Crippen molar-refractivity contribution in [1.29, 1.82) is 0 Å². The molecule has 0 amide bonds. The normalized spacial score (nSPS) is 9.87. The quantitative estimate of drug-likeness (QED) is 0.660. The predicted octanol–water partition coefficient (Wildman–Crippen LogP) is 0.491. The molecule has 0 saturated carbocycles. The van der Waals surface area contributed by atoms with Gasteiger partial charge in [-0.2, -0.15) is 0 Å². The number of pyridine rings is 1. The summed E-state index contributed by atoms with van der Waals surface area (Å²) in [5.74, 6) is 0.338. The van der Waals surface area contributed by atoms with E-state index in [1.807, 2.05) is 0 Å². The van der Waals surface area contributed by atoms with Gasteiger partial charge in [0.1, 0.15) is 5.69 Å². The molecule has 0 bridgehead atoms. The molecule has 2 aromatic heterocycles. The number of nitrogens with zero attached hydrogens (tertiary/aromatic N) is 2. The molecule has 0 aliphatic rings. The summed E-state index contributed by atoms with van der Waals surface area (Å²) in [6.45, 7) is 0. The summed E-state index contributed by atoms with van der Waals surface area (Å²) in [6.07, 6.45) is 4.56. The number of nitrogens with two attached hydrogens (primary N) is 1. The number of rotatable bonds is 2. The Labute approximate surface area is 85.2 Å². The first-order chi connectivity index (χ1) is 7.27. The fourth-order valence-electron chi connectivity index (χ4n) is 1.08. The maximum atomic E-state index is 11.2. The van der Waals surface area contributed by atoms with Crippen LogP contribution in [0.4, 0.5) is 17.2 Å². The third-order valence-corrected chi connectivity index (χ3v) is 1.83. The highest BCUT2D eigenvalue weighted by atomic mass is 16.1. The van der Waals surface area contributed by atoms with Gasteiger partial charge in [0.25, 0.3) is 5.56 Å². The van der Waals surface area contributed by atoms with E-state index in [0.29, 0.717) is 5.82 Å². The SMILES string of the molecule is Nc1c(Nc2ccncc2)nc[nH]c1=O. The summed E-state index contributed by atoms with van der Waals surface area (Å²) < 4.78 is 0. The highest BCUT2D eigenvalue weighted by molar-refractivity contribution is 5.66. The average Bonchev–Trinajstić information content (AvgIpc) is 2.26. The van der Waals surface area contributed by atoms with E-state index in [9.17, 15) is 4.79 Å². The fourth-order valence-corrected chi connectivity index (χ4v) is 1.08. The zero-order chi connectivity index (χ0) is 10.7. The Morgan fingerprint density at radius 1 is 1.33 bits per heavy atom. The van der Waals surface area contributed by atoms with Crippen LogP contribution < -0.4 is 16.6 Å². The van der Waals surface area contributed by atoms with Crippen molar-refractivity contribution in [3.63, 3.8) is 0 Å². The second-order valence-corrected chi connectivity index (χ2v) is 2.85. The molecule has 0 radical (unpaired) electrons. The van der Waals surface area contributed by atoms with Crippen molar-refractivity contribution in [2.24, 2.45) is 0 Å². The van der Waals surface area contributed by atoms with Gasteiger partial charge in [0.05, 0.1) is 6.33 Å². The Morgan fingerprint density at radius 3 is 2.80 bits per heavy atom. The highest BCUT2D eigenvalue weighted by Crippen LogP contribution is 2.15. The standard InChI is InChI=1S/C9H9N5O/c10-7-8(12-5-13-9(7)15)14-6-1-3-11-4-2-6/h1-5H,10H2,(H2,11,12,13,14,15). The van der Waals surface area contributed by atoms with Crippen LogP contribution in [0.2, 0.25) is 0 Å². The first kappa shape index (κ1) is 9.20. The van der Waals surface area contributed by atoms with Crippen LogP contribution >= 0.6 is 0 Å². The lowest BCUT2D eigenvalue weighted by atomic mass is 10.4. The molecule has 0 aromatic carbocycles. The number of H-pyrrole nitrogens is 1. The zero-order valence-corrected chi connectivity index (χ0v) is 7.77. The molecule has 2 heterocycles. The number of anilines is 3. The molecule has 6 nitrogen and oxygen atoms in total. The summed E-state index contributed by atoms with van der Waals surface area (Å²) >= 11 is 0. The van der Waals surface area contributed by atoms with Gasteiger partial charge in [-0.1, -0.05) is 0 Å². The second-order valence-electron chi connectivity index (χ2n) is 2.85. The van der Waals surface area contributed by atoms with E-state index in [2.05, 4.69) is 20.3 Å². The maximum Gasteiger partial charge on any atom is 0.276 e. The molecule has 2 rings (SSSR count). The van der Waals surface area contributed by atoms with E-state index in [4.69, 9.17) is 5.73 Å². The van der Waals surface area contributed by atoms with Gasteiger partial charge in [-0.25, -0.2) is 4.98 Å². The summed E-state index contributed by atoms with van der Waals surface area (Å²) in [4.78, 5) is 21.3. The number of aromatic amines is 1. The van der Waals surface area contributed by atoms with Gasteiger partial charge < -0.3 is 16.0 Å². The first-order valence-electron chi connectivity index (χ1n) is 4.27. The van der Waals surface area contributed by atoms with Crippen molar-refractivity contribution in [1.82, 2.24) is 15.0 Å². The number of aromatic nitrogens is 3. The van der Waals surface area contributed by atoms with Crippen LogP contribution in [-0.4, -0.2) is 15.0 Å². The van der Waals surface area contributed by atoms with Crippen LogP contribution in [0.25, 0.3) is 0 Å². The van der Waals surface area contributed by atoms with Crippen molar-refractivity contribution in [2.75, 3.05) is 11.1 Å². The number of hydrogen-bond acceptors (Lipinski definition) is 5. The third-order valence-electron chi connectivity index (χ3n) is 1.83. The van der Waals surface area contributed by atoms with Crippen LogP contribution in [0, 0.1) is 0 Å². The number of nitrogens with one attached hydrogen (secondary N) is 2. The molecule has 0 spiro atoms. The largest absolute Gasteiger partial charge is 0.391 e. The fraction of sp³-hybridized carbons (Fsp3) is 0. The molecule has 4 N–H and O–H groups in total. The van der Waals surface area contributed by atoms with Gasteiger partial charge in [-0.3, -0.25) is 9.78 Å². The smallest absolute Gasteiger partial charge is 0.276 e. The van der Waals surface area contributed by atoms with Crippen LogP contribution in [0.3, 0.4) is 0 Å². The maximum absolute atomic E-state index is 11.2. The lowest BCUT2D eigenvalue weighted by Crippen LogP contribution is -2.14. The lowest BCUT2D eigenvalue weighted by molar-refractivity contribution is 1.12. The minimum atomic E-state index is -0.360. The minimum absolute atomic E-state index is 0.0642. The van der Waals surface area contributed by atoms with Crippen molar-refractivity contribution < 1.29 is 0 Å². The molecule has 76 valence electrons. The van der Waals surface area contributed by atoms with Gasteiger partial charge in [0.2, 0.25) is 0 Å². The lowest BCUT2D eigenvalue weighted by Gasteiger charge is -2.05. The summed E-state index contributed by atoms with van der Waals surface area (Å²) in [6, 6.07) is 3.50. The molecular formula is C9H9N5O. The number of hydrogen-bond donors (Lipinski definition) is 3. The van der Waals surface area contributed by atoms with Crippen LogP contribution in [0.1, 0.15) is 0 Å². The van der Waals surface area contributed by atoms with Crippen molar-refractivity contribution in [3.8, 4) is 0 Å². The van der Waals surface area contributed by atoms with Crippen LogP contribution in [0.15, 0.2) is 35.6 Å². The van der Waals surface area contributed by atoms with Crippen LogP contribution in [-0.2, 0) is 0 Å². The Balaban J connectivity index is 2.33. The summed E-state index contributed by atoms with van der Waals surface area (Å²) in [5.41, 5.74) is 6.02. The van der Waals surface area contributed by atoms with E-state index in [1.165, 1.54) is 6.33 Å². The predicted molar refractivity (Wildman–Crippen MR) is 56.8 cm³/mol. The monoisotopic (exact) mass is 203 g/mol. The zero-order valence-electron chi connectivity index (χ0n) is 7.77. The van der Waals surface area contributed by atoms with Gasteiger partial charge in [0, 0.05) is 18.1 Å². The topological polar surface area (TPSA) is 96.7 Å². The van der Waals surface area contributed by atoms with Crippen molar-refractivity contribution in [3.05, 3.63) is 41.2 Å². The summed E-state index contributed by atoms with van der Waals surface area (Å²) in [5, 5.41) is 2.92. The Hall–Kier alpha value is -2.37. The van der Waals surface area contributed by atoms with E-state index >= 15 is 0 Å². The molecule has 15 heavy (non-hydrogen) atoms. The van der Waals surface area contributed by atoms with Crippen LogP contribution in [0.5, 0.6) is 0 Å². The van der Waals surface area contributed by atoms with Gasteiger partial charge in [0.15, 0.2) is 5.82 Å². The minimum Gasteiger partial charge on any atom is -0.391 e. The molecule has 2 aromatic rings. The molecule has 0 unspecified atom stereocenters. The third kappa shape index (κ3) is 1.93. The van der Waals surface area contributed by atoms with E-state index < -0.39 is 0 Å². The molecule has 0 aliphatic carbocycles. The molecule has 0 saturated heterocycles. The second kappa shape index (κ2) is 3.79. The Kier molecular flexibility index (Phi) is 2.32. The molecular weight excluding hydrogens is 194 g/mol. The van der Waals surface area contributed by atoms with E-state index in [-0.39, 0.29) is 11.2 Å². The van der Waals surface area contributed by atoms with E-state index in [1.54, 1.807) is 24.5 Å². The highest BCUT2D eigenvalue weighted by Gasteiger charge is 2.03. The molecule has 0 atom stereocenters. The van der Waals surface area contributed by atoms with Crippen molar-refractivity contribution >= 4 is 17.2 Å². The molecule has 6 heteroatoms. The average molecular weight is 203 g/mol. The Bertz CT molecular complexity index is 507. The summed E-state index contributed by atoms with van der Waals surface area (Å²) in [7, 11) is 0. The first-order valence-corrected chi connectivity index (χ1v) is 4.27. The number of nitrogen functional groups attached to an aromatic ring is 1. The Morgan fingerprint density at radius 2 is 2.07 bits per heavy atom. The van der Waals surface area contributed by atoms with Gasteiger partial charge in [-0.15, -0.1) is 0 Å². The van der Waals surface area contributed by atoms with E-state index in [0.717, 1.165) is 5.69 Å². The molecule has 0 aliphatic heterocycles.